The van der Waals surface area contributed by atoms with Gasteiger partial charge in [0.05, 0.1) is 0 Å². The van der Waals surface area contributed by atoms with Crippen molar-refractivity contribution in [2.75, 3.05) is 0 Å². The standard InChI is InChI=1S/C16H20N2S/c1-12(2)16(19-14-8-10-18-11-9-14)15(17)13-6-4-3-5-7-13/h3-12,15-16H,17H2,1-2H3. The molecule has 1 aromatic heterocycles. The molecule has 0 saturated carbocycles. The predicted molar refractivity (Wildman–Crippen MR) is 82.1 cm³/mol. The fourth-order valence-corrected chi connectivity index (χ4v) is 3.23. The maximum Gasteiger partial charge on any atom is 0.0421 e. The second-order valence-electron chi connectivity index (χ2n) is 4.95. The molecule has 3 heteroatoms. The van der Waals surface area contributed by atoms with Crippen molar-refractivity contribution in [2.45, 2.75) is 30.0 Å². The van der Waals surface area contributed by atoms with Crippen LogP contribution in [0.1, 0.15) is 25.5 Å². The van der Waals surface area contributed by atoms with Crippen molar-refractivity contribution in [3.8, 4) is 0 Å². The molecule has 2 nitrogen and oxygen atoms in total. The van der Waals surface area contributed by atoms with Gasteiger partial charge in [-0.2, -0.15) is 0 Å². The Kier molecular flexibility index (Phi) is 5.00. The lowest BCUT2D eigenvalue weighted by atomic mass is 9.97. The Morgan fingerprint density at radius 3 is 2.21 bits per heavy atom. The largest absolute Gasteiger partial charge is 0.323 e. The van der Waals surface area contributed by atoms with Gasteiger partial charge in [-0.15, -0.1) is 11.8 Å². The third kappa shape index (κ3) is 3.82. The first-order valence-corrected chi connectivity index (χ1v) is 7.43. The lowest BCUT2D eigenvalue weighted by Crippen LogP contribution is -2.28. The molecule has 0 bridgehead atoms. The van der Waals surface area contributed by atoms with Crippen LogP contribution in [0.15, 0.2) is 59.8 Å². The van der Waals surface area contributed by atoms with Gasteiger partial charge >= 0.3 is 0 Å². The molecule has 0 spiro atoms. The van der Waals surface area contributed by atoms with Crippen LogP contribution in [-0.4, -0.2) is 10.2 Å². The molecule has 0 amide bonds. The molecular formula is C16H20N2S. The SMILES string of the molecule is CC(C)C(Sc1ccncc1)C(N)c1ccccc1. The summed E-state index contributed by atoms with van der Waals surface area (Å²) in [7, 11) is 0. The topological polar surface area (TPSA) is 38.9 Å². The number of pyridine rings is 1. The van der Waals surface area contributed by atoms with Crippen LogP contribution in [0, 0.1) is 5.92 Å². The van der Waals surface area contributed by atoms with Crippen LogP contribution in [-0.2, 0) is 0 Å². The first kappa shape index (κ1) is 14.1. The zero-order valence-electron chi connectivity index (χ0n) is 11.4. The first-order chi connectivity index (χ1) is 9.18. The molecule has 2 atom stereocenters. The number of benzene rings is 1. The summed E-state index contributed by atoms with van der Waals surface area (Å²) in [6, 6.07) is 14.4. The molecule has 0 saturated heterocycles. The Labute approximate surface area is 119 Å². The van der Waals surface area contributed by atoms with Gasteiger partial charge in [-0.1, -0.05) is 44.2 Å². The first-order valence-electron chi connectivity index (χ1n) is 6.55. The molecule has 2 aromatic rings. The summed E-state index contributed by atoms with van der Waals surface area (Å²) in [5, 5.41) is 0.352. The van der Waals surface area contributed by atoms with Crippen LogP contribution in [0.25, 0.3) is 0 Å². The number of hydrogen-bond acceptors (Lipinski definition) is 3. The quantitative estimate of drug-likeness (QED) is 0.839. The molecule has 0 radical (unpaired) electrons. The van der Waals surface area contributed by atoms with Crippen LogP contribution in [0.2, 0.25) is 0 Å². The highest BCUT2D eigenvalue weighted by Gasteiger charge is 2.23. The highest BCUT2D eigenvalue weighted by Crippen LogP contribution is 2.35. The Bertz CT molecular complexity index is 485. The molecule has 0 aliphatic carbocycles. The van der Waals surface area contributed by atoms with E-state index in [1.807, 2.05) is 54.5 Å². The average Bonchev–Trinajstić information content (AvgIpc) is 2.46. The minimum Gasteiger partial charge on any atom is -0.323 e. The molecule has 100 valence electrons. The summed E-state index contributed by atoms with van der Waals surface area (Å²) in [6.45, 7) is 4.45. The fraction of sp³-hybridized carbons (Fsp3) is 0.312. The second kappa shape index (κ2) is 6.73. The molecule has 1 aromatic carbocycles. The van der Waals surface area contributed by atoms with Gasteiger partial charge in [0.1, 0.15) is 0 Å². The molecule has 0 aliphatic heterocycles. The van der Waals surface area contributed by atoms with Crippen molar-refractivity contribution in [3.05, 3.63) is 60.4 Å². The molecule has 0 fully saturated rings. The molecule has 19 heavy (non-hydrogen) atoms. The summed E-state index contributed by atoms with van der Waals surface area (Å²) in [4.78, 5) is 5.28. The Balaban J connectivity index is 2.17. The fourth-order valence-electron chi connectivity index (χ4n) is 2.06. The zero-order valence-corrected chi connectivity index (χ0v) is 12.2. The lowest BCUT2D eigenvalue weighted by Gasteiger charge is -2.27. The smallest absolute Gasteiger partial charge is 0.0421 e. The summed E-state index contributed by atoms with van der Waals surface area (Å²) in [5.74, 6) is 0.508. The van der Waals surface area contributed by atoms with Crippen molar-refractivity contribution in [3.63, 3.8) is 0 Å². The van der Waals surface area contributed by atoms with Crippen molar-refractivity contribution < 1.29 is 0 Å². The lowest BCUT2D eigenvalue weighted by molar-refractivity contribution is 0.527. The molecule has 2 unspecified atom stereocenters. The van der Waals surface area contributed by atoms with Crippen LogP contribution in [0.5, 0.6) is 0 Å². The van der Waals surface area contributed by atoms with Gasteiger partial charge in [0, 0.05) is 28.6 Å². The number of aromatic nitrogens is 1. The zero-order chi connectivity index (χ0) is 13.7. The van der Waals surface area contributed by atoms with E-state index in [0.717, 1.165) is 0 Å². The number of nitrogens with two attached hydrogens (primary N) is 1. The van der Waals surface area contributed by atoms with Gasteiger partial charge < -0.3 is 5.73 Å². The van der Waals surface area contributed by atoms with Crippen molar-refractivity contribution in [2.24, 2.45) is 11.7 Å². The van der Waals surface area contributed by atoms with Gasteiger partial charge in [0.15, 0.2) is 0 Å². The highest BCUT2D eigenvalue weighted by atomic mass is 32.2. The molecule has 2 N–H and O–H groups in total. The predicted octanol–water partition coefficient (Wildman–Crippen LogP) is 3.90. The molecule has 0 aliphatic rings. The molecular weight excluding hydrogens is 252 g/mol. The monoisotopic (exact) mass is 272 g/mol. The van der Waals surface area contributed by atoms with E-state index in [0.29, 0.717) is 11.2 Å². The third-order valence-corrected chi connectivity index (χ3v) is 4.77. The van der Waals surface area contributed by atoms with Crippen LogP contribution < -0.4 is 5.73 Å². The third-order valence-electron chi connectivity index (χ3n) is 3.12. The Morgan fingerprint density at radius 2 is 1.63 bits per heavy atom. The van der Waals surface area contributed by atoms with Crippen LogP contribution >= 0.6 is 11.8 Å². The summed E-state index contributed by atoms with van der Waals surface area (Å²) < 4.78 is 0. The van der Waals surface area contributed by atoms with Crippen molar-refractivity contribution in [1.82, 2.24) is 4.98 Å². The van der Waals surface area contributed by atoms with Crippen LogP contribution in [0.3, 0.4) is 0 Å². The maximum atomic E-state index is 6.45. The van der Waals surface area contributed by atoms with E-state index in [9.17, 15) is 0 Å². The van der Waals surface area contributed by atoms with Crippen LogP contribution in [0.4, 0.5) is 0 Å². The number of nitrogens with zero attached hydrogens (tertiary/aromatic N) is 1. The average molecular weight is 272 g/mol. The van der Waals surface area contributed by atoms with Gasteiger partial charge in [0.2, 0.25) is 0 Å². The normalized spacial score (nSPS) is 14.3. The van der Waals surface area contributed by atoms with E-state index in [2.05, 4.69) is 31.0 Å². The molecule has 2 rings (SSSR count). The minimum absolute atomic E-state index is 0.0411. The highest BCUT2D eigenvalue weighted by molar-refractivity contribution is 8.00. The minimum atomic E-state index is 0.0411. The van der Waals surface area contributed by atoms with Gasteiger partial charge in [0.25, 0.3) is 0 Å². The maximum absolute atomic E-state index is 6.45. The molecule has 1 heterocycles. The Morgan fingerprint density at radius 1 is 1.00 bits per heavy atom. The van der Waals surface area contributed by atoms with E-state index in [4.69, 9.17) is 5.73 Å². The van der Waals surface area contributed by atoms with E-state index < -0.39 is 0 Å². The van der Waals surface area contributed by atoms with Crippen molar-refractivity contribution >= 4 is 11.8 Å². The number of rotatable bonds is 5. The Hall–Kier alpha value is -1.32. The number of thioether (sulfide) groups is 1. The summed E-state index contributed by atoms with van der Waals surface area (Å²) in [5.41, 5.74) is 7.65. The van der Waals surface area contributed by atoms with E-state index in [1.165, 1.54) is 10.5 Å². The second-order valence-corrected chi connectivity index (χ2v) is 6.20. The van der Waals surface area contributed by atoms with Gasteiger partial charge in [-0.05, 0) is 23.6 Å². The summed E-state index contributed by atoms with van der Waals surface area (Å²) in [6.07, 6.45) is 3.65. The van der Waals surface area contributed by atoms with Gasteiger partial charge in [-0.3, -0.25) is 4.98 Å². The van der Waals surface area contributed by atoms with E-state index in [-0.39, 0.29) is 6.04 Å². The number of hydrogen-bond donors (Lipinski definition) is 1. The van der Waals surface area contributed by atoms with E-state index in [1.54, 1.807) is 0 Å². The van der Waals surface area contributed by atoms with Crippen molar-refractivity contribution in [1.29, 1.82) is 0 Å². The van der Waals surface area contributed by atoms with E-state index >= 15 is 0 Å². The summed E-state index contributed by atoms with van der Waals surface area (Å²) >= 11 is 1.83. The van der Waals surface area contributed by atoms with Gasteiger partial charge in [-0.25, -0.2) is 0 Å².